The fourth-order valence-corrected chi connectivity index (χ4v) is 1.82. The summed E-state index contributed by atoms with van der Waals surface area (Å²) in [7, 11) is 0. The number of benzene rings is 1. The third-order valence-corrected chi connectivity index (χ3v) is 2.76. The molecule has 0 aliphatic rings. The highest BCUT2D eigenvalue weighted by molar-refractivity contribution is 7.15. The van der Waals surface area contributed by atoms with Gasteiger partial charge in [-0.1, -0.05) is 11.3 Å². The Morgan fingerprint density at radius 1 is 1.47 bits per heavy atom. The molecule has 1 heterocycles. The second-order valence-corrected chi connectivity index (χ2v) is 4.49. The third-order valence-electron chi connectivity index (χ3n) is 2.01. The number of hydrogen-bond acceptors (Lipinski definition) is 5. The maximum Gasteiger partial charge on any atom is 0.259 e. The van der Waals surface area contributed by atoms with Crippen molar-refractivity contribution in [1.82, 2.24) is 10.2 Å². The number of nitrogens with one attached hydrogen (secondary N) is 1. The molecule has 1 aromatic carbocycles. The number of nitrogens with two attached hydrogens (primary N) is 1. The minimum absolute atomic E-state index is 0.0813. The van der Waals surface area contributed by atoms with Crippen LogP contribution in [0.15, 0.2) is 18.2 Å². The van der Waals surface area contributed by atoms with Crippen molar-refractivity contribution in [2.75, 3.05) is 11.1 Å². The van der Waals surface area contributed by atoms with E-state index in [4.69, 9.17) is 5.73 Å². The van der Waals surface area contributed by atoms with Crippen molar-refractivity contribution < 1.29 is 9.18 Å². The number of halogens is 1. The first kappa shape index (κ1) is 11.5. The Bertz CT molecular complexity index is 569. The fourth-order valence-electron chi connectivity index (χ4n) is 1.24. The van der Waals surface area contributed by atoms with Crippen LogP contribution < -0.4 is 11.1 Å². The molecule has 0 saturated heterocycles. The molecular weight excluding hydrogens is 243 g/mol. The van der Waals surface area contributed by atoms with E-state index in [1.165, 1.54) is 23.5 Å². The zero-order valence-electron chi connectivity index (χ0n) is 8.90. The maximum atomic E-state index is 13.0. The van der Waals surface area contributed by atoms with Crippen LogP contribution >= 0.6 is 11.3 Å². The molecule has 0 bridgehead atoms. The summed E-state index contributed by atoms with van der Waals surface area (Å²) in [5.74, 6) is -1.02. The highest BCUT2D eigenvalue weighted by Crippen LogP contribution is 2.18. The topological polar surface area (TPSA) is 80.9 Å². The zero-order chi connectivity index (χ0) is 12.4. The fraction of sp³-hybridized carbons (Fsp3) is 0.100. The standard InChI is InChI=1S/C10H9FN4OS/c1-5-14-15-10(17-5)13-9(16)7-4-6(11)2-3-8(7)12/h2-4H,12H2,1H3,(H,13,15,16). The van der Waals surface area contributed by atoms with Crippen LogP contribution in [0.1, 0.15) is 15.4 Å². The summed E-state index contributed by atoms with van der Waals surface area (Å²) in [5, 5.41) is 11.1. The van der Waals surface area contributed by atoms with Crippen LogP contribution in [0.5, 0.6) is 0 Å². The third kappa shape index (κ3) is 2.56. The second kappa shape index (κ2) is 4.46. The maximum absolute atomic E-state index is 13.0. The van der Waals surface area contributed by atoms with Gasteiger partial charge in [0.05, 0.1) is 5.56 Å². The molecule has 0 aliphatic carbocycles. The second-order valence-electron chi connectivity index (χ2n) is 3.31. The summed E-state index contributed by atoms with van der Waals surface area (Å²) in [6.45, 7) is 1.77. The van der Waals surface area contributed by atoms with E-state index in [9.17, 15) is 9.18 Å². The van der Waals surface area contributed by atoms with Gasteiger partial charge in [-0.15, -0.1) is 10.2 Å². The monoisotopic (exact) mass is 252 g/mol. The van der Waals surface area contributed by atoms with Crippen LogP contribution in [-0.4, -0.2) is 16.1 Å². The Labute approximate surface area is 100 Å². The van der Waals surface area contributed by atoms with E-state index in [0.717, 1.165) is 11.1 Å². The molecule has 7 heteroatoms. The Morgan fingerprint density at radius 2 is 2.24 bits per heavy atom. The number of carbonyl (C=O) groups excluding carboxylic acids is 1. The summed E-state index contributed by atoms with van der Waals surface area (Å²) in [6.07, 6.45) is 0. The number of nitrogen functional groups attached to an aromatic ring is 1. The minimum Gasteiger partial charge on any atom is -0.398 e. The number of anilines is 2. The summed E-state index contributed by atoms with van der Waals surface area (Å²) < 4.78 is 13.0. The van der Waals surface area contributed by atoms with Crippen molar-refractivity contribution >= 4 is 28.1 Å². The average Bonchev–Trinajstić information content (AvgIpc) is 2.67. The Morgan fingerprint density at radius 3 is 2.88 bits per heavy atom. The zero-order valence-corrected chi connectivity index (χ0v) is 9.71. The summed E-state index contributed by atoms with van der Waals surface area (Å²) in [5.41, 5.74) is 5.88. The number of rotatable bonds is 2. The lowest BCUT2D eigenvalue weighted by Crippen LogP contribution is -2.14. The molecule has 1 aromatic heterocycles. The van der Waals surface area contributed by atoms with Crippen LogP contribution in [0.25, 0.3) is 0 Å². The van der Waals surface area contributed by atoms with Gasteiger partial charge in [-0.05, 0) is 25.1 Å². The number of amides is 1. The van der Waals surface area contributed by atoms with Gasteiger partial charge >= 0.3 is 0 Å². The number of aryl methyl sites for hydroxylation is 1. The number of carbonyl (C=O) groups is 1. The molecule has 0 saturated carbocycles. The van der Waals surface area contributed by atoms with Crippen LogP contribution in [0.2, 0.25) is 0 Å². The minimum atomic E-state index is -0.516. The molecule has 17 heavy (non-hydrogen) atoms. The number of hydrogen-bond donors (Lipinski definition) is 2. The normalized spacial score (nSPS) is 10.2. The molecule has 0 fully saturated rings. The highest BCUT2D eigenvalue weighted by Gasteiger charge is 2.12. The van der Waals surface area contributed by atoms with Gasteiger partial charge in [0, 0.05) is 5.69 Å². The van der Waals surface area contributed by atoms with Gasteiger partial charge in [0.15, 0.2) is 0 Å². The Kier molecular flexibility index (Phi) is 3.01. The van der Waals surface area contributed by atoms with Crippen LogP contribution in [-0.2, 0) is 0 Å². The highest BCUT2D eigenvalue weighted by atomic mass is 32.1. The first-order chi connectivity index (χ1) is 8.06. The number of nitrogens with zero attached hydrogens (tertiary/aromatic N) is 2. The van der Waals surface area contributed by atoms with Crippen LogP contribution in [0.3, 0.4) is 0 Å². The molecule has 0 radical (unpaired) electrons. The molecular formula is C10H9FN4OS. The van der Waals surface area contributed by atoms with Crippen LogP contribution in [0, 0.1) is 12.7 Å². The van der Waals surface area contributed by atoms with E-state index >= 15 is 0 Å². The van der Waals surface area contributed by atoms with E-state index < -0.39 is 11.7 Å². The van der Waals surface area contributed by atoms with E-state index in [-0.39, 0.29) is 11.3 Å². The number of aromatic nitrogens is 2. The van der Waals surface area contributed by atoms with E-state index in [2.05, 4.69) is 15.5 Å². The van der Waals surface area contributed by atoms with E-state index in [1.807, 2.05) is 0 Å². The van der Waals surface area contributed by atoms with Gasteiger partial charge in [0.1, 0.15) is 10.8 Å². The van der Waals surface area contributed by atoms with Crippen molar-refractivity contribution in [2.45, 2.75) is 6.92 Å². The molecule has 0 spiro atoms. The van der Waals surface area contributed by atoms with E-state index in [0.29, 0.717) is 5.13 Å². The van der Waals surface area contributed by atoms with Crippen molar-refractivity contribution in [3.05, 3.63) is 34.6 Å². The SMILES string of the molecule is Cc1nnc(NC(=O)c2cc(F)ccc2N)s1. The molecule has 2 rings (SSSR count). The van der Waals surface area contributed by atoms with E-state index in [1.54, 1.807) is 6.92 Å². The molecule has 0 atom stereocenters. The lowest BCUT2D eigenvalue weighted by Gasteiger charge is -2.04. The summed E-state index contributed by atoms with van der Waals surface area (Å²) in [4.78, 5) is 11.8. The molecule has 3 N–H and O–H groups in total. The van der Waals surface area contributed by atoms with Crippen molar-refractivity contribution in [3.8, 4) is 0 Å². The van der Waals surface area contributed by atoms with Gasteiger partial charge in [-0.25, -0.2) is 4.39 Å². The smallest absolute Gasteiger partial charge is 0.259 e. The van der Waals surface area contributed by atoms with Crippen molar-refractivity contribution in [2.24, 2.45) is 0 Å². The molecule has 1 amide bonds. The van der Waals surface area contributed by atoms with Gasteiger partial charge in [-0.2, -0.15) is 0 Å². The predicted molar refractivity (Wildman–Crippen MR) is 63.4 cm³/mol. The van der Waals surface area contributed by atoms with Crippen LogP contribution in [0.4, 0.5) is 15.2 Å². The first-order valence-electron chi connectivity index (χ1n) is 4.73. The Hall–Kier alpha value is -2.02. The Balaban J connectivity index is 2.22. The van der Waals surface area contributed by atoms with Gasteiger partial charge in [0.2, 0.25) is 5.13 Å². The van der Waals surface area contributed by atoms with Gasteiger partial charge in [-0.3, -0.25) is 10.1 Å². The van der Waals surface area contributed by atoms with Gasteiger partial charge in [0.25, 0.3) is 5.91 Å². The predicted octanol–water partition coefficient (Wildman–Crippen LogP) is 1.82. The lowest BCUT2D eigenvalue weighted by atomic mass is 10.1. The summed E-state index contributed by atoms with van der Waals surface area (Å²) in [6, 6.07) is 3.62. The molecule has 0 aliphatic heterocycles. The molecule has 88 valence electrons. The molecule has 0 unspecified atom stereocenters. The summed E-state index contributed by atoms with van der Waals surface area (Å²) >= 11 is 1.23. The first-order valence-corrected chi connectivity index (χ1v) is 5.54. The largest absolute Gasteiger partial charge is 0.398 e. The quantitative estimate of drug-likeness (QED) is 0.799. The lowest BCUT2D eigenvalue weighted by molar-refractivity contribution is 0.102. The van der Waals surface area contributed by atoms with Gasteiger partial charge < -0.3 is 5.73 Å². The molecule has 2 aromatic rings. The average molecular weight is 252 g/mol. The van der Waals surface area contributed by atoms with Crippen molar-refractivity contribution in [1.29, 1.82) is 0 Å². The van der Waals surface area contributed by atoms with Crippen molar-refractivity contribution in [3.63, 3.8) is 0 Å². The molecule has 5 nitrogen and oxygen atoms in total.